The molecule has 4 nitrogen and oxygen atoms in total. The highest BCUT2D eigenvalue weighted by molar-refractivity contribution is 7.98. The molecule has 3 rings (SSSR count). The molecule has 1 heterocycles. The van der Waals surface area contributed by atoms with Gasteiger partial charge in [-0.3, -0.25) is 0 Å². The van der Waals surface area contributed by atoms with E-state index in [1.165, 1.54) is 21.6 Å². The third-order valence-electron chi connectivity index (χ3n) is 4.37. The van der Waals surface area contributed by atoms with Gasteiger partial charge in [-0.25, -0.2) is 10.5 Å². The van der Waals surface area contributed by atoms with Crippen LogP contribution in [-0.2, 0) is 5.75 Å². The molecule has 2 N–H and O–H groups in total. The molecule has 0 atom stereocenters. The number of nitrogens with zero attached hydrogens (tertiary/aromatic N) is 3. The van der Waals surface area contributed by atoms with E-state index < -0.39 is 0 Å². The highest BCUT2D eigenvalue weighted by Crippen LogP contribution is 2.32. The summed E-state index contributed by atoms with van der Waals surface area (Å²) < 4.78 is 1.96. The lowest BCUT2D eigenvalue weighted by atomic mass is 10.1. The zero-order valence-corrected chi connectivity index (χ0v) is 16.0. The van der Waals surface area contributed by atoms with E-state index >= 15 is 0 Å². The van der Waals surface area contributed by atoms with Gasteiger partial charge in [-0.2, -0.15) is 5.10 Å². The number of rotatable bonds is 5. The smallest absolute Gasteiger partial charge is 0.0652 e. The molecular formula is C20H24N4S. The summed E-state index contributed by atoms with van der Waals surface area (Å²) in [6.45, 7) is 6.35. The fourth-order valence-corrected chi connectivity index (χ4v) is 4.05. The maximum atomic E-state index is 5.98. The summed E-state index contributed by atoms with van der Waals surface area (Å²) in [6, 6.07) is 14.8. The molecule has 0 spiro atoms. The Hall–Kier alpha value is -2.24. The predicted octanol–water partition coefficient (Wildman–Crippen LogP) is 4.40. The fraction of sp³-hybridized carbons (Fsp3) is 0.250. The zero-order chi connectivity index (χ0) is 18.0. The van der Waals surface area contributed by atoms with Gasteiger partial charge in [0.1, 0.15) is 0 Å². The monoisotopic (exact) mass is 352 g/mol. The maximum absolute atomic E-state index is 5.98. The Bertz CT molecular complexity index is 883. The number of nitrogens with two attached hydrogens (primary N) is 1. The first kappa shape index (κ1) is 17.6. The van der Waals surface area contributed by atoms with Gasteiger partial charge in [0.2, 0.25) is 0 Å². The number of benzene rings is 2. The molecule has 25 heavy (non-hydrogen) atoms. The summed E-state index contributed by atoms with van der Waals surface area (Å²) in [5.41, 5.74) is 7.12. The van der Waals surface area contributed by atoms with Crippen LogP contribution in [0.2, 0.25) is 0 Å². The van der Waals surface area contributed by atoms with Crippen LogP contribution in [0.4, 0.5) is 5.69 Å². The van der Waals surface area contributed by atoms with Gasteiger partial charge >= 0.3 is 0 Å². The zero-order valence-electron chi connectivity index (χ0n) is 15.2. The Kier molecular flexibility index (Phi) is 5.16. The molecule has 0 saturated carbocycles. The summed E-state index contributed by atoms with van der Waals surface area (Å²) in [6.07, 6.45) is 1.83. The van der Waals surface area contributed by atoms with Gasteiger partial charge in [0.15, 0.2) is 0 Å². The van der Waals surface area contributed by atoms with Crippen LogP contribution in [0.3, 0.4) is 0 Å². The van der Waals surface area contributed by atoms with E-state index in [-0.39, 0.29) is 0 Å². The quantitative estimate of drug-likeness (QED) is 0.420. The Labute approximate surface area is 153 Å². The first-order chi connectivity index (χ1) is 12.0. The molecular weight excluding hydrogens is 328 g/mol. The molecule has 130 valence electrons. The fourth-order valence-electron chi connectivity index (χ4n) is 2.92. The SMILES string of the molecule is Cc1cc(-n2nccc2C)ccc1SCc1c(C)cccc1N(C)N. The highest BCUT2D eigenvalue weighted by Gasteiger charge is 2.10. The van der Waals surface area contributed by atoms with Crippen molar-refractivity contribution in [3.63, 3.8) is 0 Å². The van der Waals surface area contributed by atoms with Crippen LogP contribution in [0.5, 0.6) is 0 Å². The van der Waals surface area contributed by atoms with Crippen LogP contribution < -0.4 is 10.9 Å². The van der Waals surface area contributed by atoms with Gasteiger partial charge in [0, 0.05) is 29.6 Å². The van der Waals surface area contributed by atoms with E-state index in [9.17, 15) is 0 Å². The number of aromatic nitrogens is 2. The Morgan fingerprint density at radius 2 is 1.88 bits per heavy atom. The molecule has 2 aromatic carbocycles. The minimum Gasteiger partial charge on any atom is -0.314 e. The van der Waals surface area contributed by atoms with Gasteiger partial charge in [0.05, 0.1) is 11.4 Å². The van der Waals surface area contributed by atoms with E-state index in [2.05, 4.69) is 62.3 Å². The second kappa shape index (κ2) is 7.33. The topological polar surface area (TPSA) is 47.1 Å². The molecule has 5 heteroatoms. The standard InChI is InChI=1S/C20H24N4S/c1-14-6-5-7-19(23(4)21)18(14)13-25-20-9-8-17(12-15(20)2)24-16(3)10-11-22-24/h5-12H,13,21H2,1-4H3. The van der Waals surface area contributed by atoms with Crippen LogP contribution in [-0.4, -0.2) is 16.8 Å². The molecule has 0 aliphatic carbocycles. The lowest BCUT2D eigenvalue weighted by Gasteiger charge is -2.19. The van der Waals surface area contributed by atoms with Crippen molar-refractivity contribution in [1.82, 2.24) is 9.78 Å². The first-order valence-corrected chi connectivity index (χ1v) is 9.27. The van der Waals surface area contributed by atoms with Crippen LogP contribution in [0.1, 0.15) is 22.4 Å². The van der Waals surface area contributed by atoms with Crippen molar-refractivity contribution in [3.05, 3.63) is 71.0 Å². The molecule has 0 aliphatic rings. The Morgan fingerprint density at radius 1 is 1.08 bits per heavy atom. The second-order valence-corrected chi connectivity index (χ2v) is 7.32. The average molecular weight is 353 g/mol. The summed E-state index contributed by atoms with van der Waals surface area (Å²) in [7, 11) is 1.88. The van der Waals surface area contributed by atoms with Crippen molar-refractivity contribution < 1.29 is 0 Å². The van der Waals surface area contributed by atoms with E-state index in [4.69, 9.17) is 5.84 Å². The number of hydrogen-bond acceptors (Lipinski definition) is 4. The van der Waals surface area contributed by atoms with Crippen molar-refractivity contribution >= 4 is 17.4 Å². The first-order valence-electron chi connectivity index (χ1n) is 8.28. The predicted molar refractivity (Wildman–Crippen MR) is 106 cm³/mol. The van der Waals surface area contributed by atoms with E-state index in [1.54, 1.807) is 5.01 Å². The maximum Gasteiger partial charge on any atom is 0.0652 e. The van der Waals surface area contributed by atoms with E-state index in [0.717, 1.165) is 22.8 Å². The van der Waals surface area contributed by atoms with Crippen molar-refractivity contribution in [2.45, 2.75) is 31.4 Å². The van der Waals surface area contributed by atoms with Gasteiger partial charge in [0.25, 0.3) is 0 Å². The Balaban J connectivity index is 1.82. The lowest BCUT2D eigenvalue weighted by molar-refractivity contribution is 0.844. The minimum atomic E-state index is 0.893. The molecule has 0 bridgehead atoms. The van der Waals surface area contributed by atoms with Crippen LogP contribution in [0.15, 0.2) is 53.6 Å². The summed E-state index contributed by atoms with van der Waals surface area (Å²) in [5.74, 6) is 6.88. The van der Waals surface area contributed by atoms with E-state index in [0.29, 0.717) is 0 Å². The van der Waals surface area contributed by atoms with Crippen LogP contribution >= 0.6 is 11.8 Å². The van der Waals surface area contributed by atoms with Gasteiger partial charge in [-0.1, -0.05) is 12.1 Å². The number of hydrogen-bond donors (Lipinski definition) is 1. The molecule has 0 aliphatic heterocycles. The number of aryl methyl sites for hydroxylation is 3. The lowest BCUT2D eigenvalue weighted by Crippen LogP contribution is -2.26. The van der Waals surface area contributed by atoms with Crippen molar-refractivity contribution in [2.75, 3.05) is 12.1 Å². The number of hydrazine groups is 1. The van der Waals surface area contributed by atoms with Crippen molar-refractivity contribution in [1.29, 1.82) is 0 Å². The van der Waals surface area contributed by atoms with E-state index in [1.807, 2.05) is 35.8 Å². The molecule has 0 fully saturated rings. The minimum absolute atomic E-state index is 0.893. The van der Waals surface area contributed by atoms with Gasteiger partial charge < -0.3 is 5.01 Å². The summed E-state index contributed by atoms with van der Waals surface area (Å²) in [5, 5.41) is 6.08. The largest absolute Gasteiger partial charge is 0.314 e. The highest BCUT2D eigenvalue weighted by atomic mass is 32.2. The molecule has 0 radical (unpaired) electrons. The van der Waals surface area contributed by atoms with Gasteiger partial charge in [-0.05, 0) is 67.8 Å². The third kappa shape index (κ3) is 3.72. The molecule has 3 aromatic rings. The van der Waals surface area contributed by atoms with Crippen molar-refractivity contribution in [2.24, 2.45) is 5.84 Å². The third-order valence-corrected chi connectivity index (χ3v) is 5.57. The average Bonchev–Trinajstić information content (AvgIpc) is 3.00. The van der Waals surface area contributed by atoms with Crippen LogP contribution in [0.25, 0.3) is 5.69 Å². The molecule has 0 unspecified atom stereocenters. The number of thioether (sulfide) groups is 1. The summed E-state index contributed by atoms with van der Waals surface area (Å²) in [4.78, 5) is 1.28. The molecule has 1 aromatic heterocycles. The summed E-state index contributed by atoms with van der Waals surface area (Å²) >= 11 is 1.84. The molecule has 0 amide bonds. The normalized spacial score (nSPS) is 10.9. The van der Waals surface area contributed by atoms with Crippen molar-refractivity contribution in [3.8, 4) is 5.69 Å². The molecule has 0 saturated heterocycles. The second-order valence-electron chi connectivity index (χ2n) is 6.31. The number of anilines is 1. The Morgan fingerprint density at radius 3 is 2.52 bits per heavy atom. The van der Waals surface area contributed by atoms with Gasteiger partial charge in [-0.15, -0.1) is 11.8 Å². The van der Waals surface area contributed by atoms with Crippen LogP contribution in [0, 0.1) is 20.8 Å².